The first-order valence-electron chi connectivity index (χ1n) is 10.0. The average molecular weight is 517 g/mol. The second kappa shape index (κ2) is 11.6. The van der Waals surface area contributed by atoms with E-state index >= 15 is 0 Å². The summed E-state index contributed by atoms with van der Waals surface area (Å²) < 4.78 is 27.3. The molecule has 9 unspecified atom stereocenters. The number of hydrogen-bond acceptors (Lipinski definition) is 13. The van der Waals surface area contributed by atoms with Gasteiger partial charge in [0.25, 0.3) is 10.3 Å². The molecular weight excluding hydrogens is 484 g/mol. The van der Waals surface area contributed by atoms with E-state index in [1.807, 2.05) is 0 Å². The molecule has 0 aromatic heterocycles. The van der Waals surface area contributed by atoms with Gasteiger partial charge in [0.15, 0.2) is 6.29 Å². The van der Waals surface area contributed by atoms with Gasteiger partial charge < -0.3 is 64.1 Å². The SMILES string of the molecule is CN(C)C(=S)OCC1OC(OC2(CO)OC(COC(=S)N(C)C)C(O)C2O)C(O)C(O)C1O. The minimum absolute atomic E-state index is 0.0897. The van der Waals surface area contributed by atoms with Gasteiger partial charge in [-0.2, -0.15) is 0 Å². The first-order valence-corrected chi connectivity index (χ1v) is 10.9. The van der Waals surface area contributed by atoms with Gasteiger partial charge in [0.05, 0.1) is 0 Å². The highest BCUT2D eigenvalue weighted by Gasteiger charge is 2.58. The van der Waals surface area contributed by atoms with Crippen LogP contribution in [0.15, 0.2) is 0 Å². The highest BCUT2D eigenvalue weighted by atomic mass is 32.1. The fraction of sp³-hybridized carbons (Fsp3) is 0.889. The molecule has 2 saturated heterocycles. The lowest BCUT2D eigenvalue weighted by atomic mass is 9.99. The van der Waals surface area contributed by atoms with Crippen molar-refractivity contribution < 1.29 is 54.3 Å². The lowest BCUT2D eigenvalue weighted by Gasteiger charge is -2.43. The van der Waals surface area contributed by atoms with Gasteiger partial charge in [-0.05, 0) is 24.4 Å². The Morgan fingerprint density at radius 3 is 1.82 bits per heavy atom. The average Bonchev–Trinajstić information content (AvgIpc) is 3.01. The minimum atomic E-state index is -2.23. The maximum absolute atomic E-state index is 10.5. The Labute approximate surface area is 202 Å². The standard InChI is InChI=1S/C18H32N2O11S2/c1-19(2)16(32)27-5-8-10(22)12(24)13(25)15(29-8)31-18(7-21)14(26)11(23)9(30-18)6-28-17(33)20(3)4/h8-15,21-26H,5-7H2,1-4H3. The maximum atomic E-state index is 10.5. The van der Waals surface area contributed by atoms with Gasteiger partial charge in [-0.15, -0.1) is 0 Å². The topological polar surface area (TPSA) is 174 Å². The fourth-order valence-electron chi connectivity index (χ4n) is 3.17. The molecule has 2 fully saturated rings. The second-order valence-electron chi connectivity index (χ2n) is 8.14. The lowest BCUT2D eigenvalue weighted by molar-refractivity contribution is -0.383. The van der Waals surface area contributed by atoms with Crippen LogP contribution in [-0.2, 0) is 23.7 Å². The summed E-state index contributed by atoms with van der Waals surface area (Å²) in [7, 11) is 6.59. The summed E-state index contributed by atoms with van der Waals surface area (Å²) in [5.41, 5.74) is 0. The minimum Gasteiger partial charge on any atom is -0.468 e. The molecule has 0 aromatic rings. The Morgan fingerprint density at radius 1 is 0.818 bits per heavy atom. The summed E-state index contributed by atoms with van der Waals surface area (Å²) in [6.07, 6.45) is -12.4. The van der Waals surface area contributed by atoms with Crippen LogP contribution in [0.4, 0.5) is 0 Å². The van der Waals surface area contributed by atoms with E-state index in [9.17, 15) is 30.6 Å². The Balaban J connectivity index is 2.12. The molecule has 0 spiro atoms. The van der Waals surface area contributed by atoms with Crippen LogP contribution in [0.25, 0.3) is 0 Å². The number of aliphatic hydroxyl groups excluding tert-OH is 6. The van der Waals surface area contributed by atoms with E-state index in [2.05, 4.69) is 0 Å². The predicted molar refractivity (Wildman–Crippen MR) is 119 cm³/mol. The fourth-order valence-corrected chi connectivity index (χ4v) is 3.31. The highest BCUT2D eigenvalue weighted by molar-refractivity contribution is 7.80. The zero-order chi connectivity index (χ0) is 25.1. The number of ether oxygens (including phenoxy) is 5. The van der Waals surface area contributed by atoms with Crippen molar-refractivity contribution in [1.29, 1.82) is 0 Å². The van der Waals surface area contributed by atoms with E-state index in [1.54, 1.807) is 28.2 Å². The molecule has 0 amide bonds. The third kappa shape index (κ3) is 6.37. The van der Waals surface area contributed by atoms with E-state index in [4.69, 9.17) is 48.1 Å². The van der Waals surface area contributed by atoms with Crippen LogP contribution < -0.4 is 0 Å². The molecule has 0 aliphatic carbocycles. The molecule has 2 aliphatic rings. The van der Waals surface area contributed by atoms with Crippen molar-refractivity contribution >= 4 is 34.8 Å². The van der Waals surface area contributed by atoms with Crippen molar-refractivity contribution in [3.8, 4) is 0 Å². The molecule has 0 saturated carbocycles. The van der Waals surface area contributed by atoms with Crippen molar-refractivity contribution in [2.75, 3.05) is 48.0 Å². The van der Waals surface area contributed by atoms with Crippen LogP contribution in [0, 0.1) is 0 Å². The summed E-state index contributed by atoms with van der Waals surface area (Å²) in [5.74, 6) is -2.23. The number of thiocarbonyl (C=S) groups is 2. The summed E-state index contributed by atoms with van der Waals surface area (Å²) in [6, 6.07) is 0. The van der Waals surface area contributed by atoms with Gasteiger partial charge in [-0.1, -0.05) is 0 Å². The Hall–Kier alpha value is -0.980. The van der Waals surface area contributed by atoms with Crippen LogP contribution in [0.3, 0.4) is 0 Å². The lowest BCUT2D eigenvalue weighted by Crippen LogP contribution is -2.63. The predicted octanol–water partition coefficient (Wildman–Crippen LogP) is -3.65. The van der Waals surface area contributed by atoms with Crippen LogP contribution >= 0.6 is 24.4 Å². The first-order chi connectivity index (χ1) is 15.3. The molecule has 0 aromatic carbocycles. The van der Waals surface area contributed by atoms with Gasteiger partial charge in [0.2, 0.25) is 5.79 Å². The molecule has 192 valence electrons. The van der Waals surface area contributed by atoms with Gasteiger partial charge >= 0.3 is 0 Å². The van der Waals surface area contributed by atoms with Crippen molar-refractivity contribution in [2.24, 2.45) is 0 Å². The summed E-state index contributed by atoms with van der Waals surface area (Å²) in [5, 5.41) is 61.9. The first kappa shape index (κ1) is 28.3. The highest BCUT2D eigenvalue weighted by Crippen LogP contribution is 2.36. The molecule has 2 rings (SSSR count). The number of hydrogen-bond donors (Lipinski definition) is 6. The van der Waals surface area contributed by atoms with Crippen LogP contribution in [0.2, 0.25) is 0 Å². The largest absolute Gasteiger partial charge is 0.468 e. The quantitative estimate of drug-likeness (QED) is 0.183. The molecule has 0 bridgehead atoms. The molecule has 6 N–H and O–H groups in total. The van der Waals surface area contributed by atoms with Crippen molar-refractivity contribution in [3.05, 3.63) is 0 Å². The number of nitrogens with zero attached hydrogens (tertiary/aromatic N) is 2. The van der Waals surface area contributed by atoms with Gasteiger partial charge in [0, 0.05) is 28.2 Å². The number of aliphatic hydroxyl groups is 6. The zero-order valence-corrected chi connectivity index (χ0v) is 20.3. The van der Waals surface area contributed by atoms with E-state index in [-0.39, 0.29) is 23.6 Å². The third-order valence-electron chi connectivity index (χ3n) is 5.18. The molecular formula is C18H32N2O11S2. The third-order valence-corrected chi connectivity index (χ3v) is 6.15. The molecule has 9 atom stereocenters. The normalized spacial score (nSPS) is 38.6. The Morgan fingerprint density at radius 2 is 1.33 bits per heavy atom. The zero-order valence-electron chi connectivity index (χ0n) is 18.7. The van der Waals surface area contributed by atoms with Crippen LogP contribution in [-0.4, -0.2) is 154 Å². The van der Waals surface area contributed by atoms with Crippen LogP contribution in [0.5, 0.6) is 0 Å². The van der Waals surface area contributed by atoms with E-state index in [0.29, 0.717) is 0 Å². The van der Waals surface area contributed by atoms with E-state index in [1.165, 1.54) is 9.80 Å². The Kier molecular flexibility index (Phi) is 9.96. The van der Waals surface area contributed by atoms with Crippen molar-refractivity contribution in [1.82, 2.24) is 9.80 Å². The molecule has 2 aliphatic heterocycles. The summed E-state index contributed by atoms with van der Waals surface area (Å²) in [6.45, 7) is -1.51. The van der Waals surface area contributed by atoms with Crippen molar-refractivity contribution in [2.45, 2.75) is 54.8 Å². The summed E-state index contributed by atoms with van der Waals surface area (Å²) in [4.78, 5) is 3.00. The summed E-state index contributed by atoms with van der Waals surface area (Å²) >= 11 is 10.0. The van der Waals surface area contributed by atoms with E-state index in [0.717, 1.165) is 0 Å². The molecule has 15 heteroatoms. The molecule has 33 heavy (non-hydrogen) atoms. The molecule has 2 heterocycles. The monoisotopic (exact) mass is 516 g/mol. The van der Waals surface area contributed by atoms with Gasteiger partial charge in [-0.3, -0.25) is 0 Å². The second-order valence-corrected chi connectivity index (χ2v) is 8.84. The van der Waals surface area contributed by atoms with Gasteiger partial charge in [0.1, 0.15) is 62.5 Å². The van der Waals surface area contributed by atoms with Gasteiger partial charge in [-0.25, -0.2) is 0 Å². The molecule has 0 radical (unpaired) electrons. The maximum Gasteiger partial charge on any atom is 0.258 e. The van der Waals surface area contributed by atoms with Crippen molar-refractivity contribution in [3.63, 3.8) is 0 Å². The van der Waals surface area contributed by atoms with Crippen LogP contribution in [0.1, 0.15) is 0 Å². The van der Waals surface area contributed by atoms with E-state index < -0.39 is 61.4 Å². The smallest absolute Gasteiger partial charge is 0.258 e. The number of rotatable bonds is 7. The molecule has 13 nitrogen and oxygen atoms in total. The Bertz CT molecular complexity index is 688.